The summed E-state index contributed by atoms with van der Waals surface area (Å²) in [5.74, 6) is 1.37. The molecule has 2 heterocycles. The van der Waals surface area contributed by atoms with Crippen molar-refractivity contribution < 1.29 is 4.52 Å². The topological polar surface area (TPSA) is 54.2 Å². The largest absolute Gasteiger partial charge is 0.337 e. The standard InChI is InChI=1S/C15H20N4O/c1-11-3-5-13(6-4-11)14-17-15(20-18-14)12(2)19-9-7-16-8-10-19/h3-6,12,16H,7-10H2,1-2H3/t12-/m1/s1. The number of aromatic nitrogens is 2. The maximum Gasteiger partial charge on any atom is 0.244 e. The van der Waals surface area contributed by atoms with E-state index in [-0.39, 0.29) is 6.04 Å². The molecule has 5 heteroatoms. The Kier molecular flexibility index (Phi) is 3.80. The Bertz CT molecular complexity index is 558. The quantitative estimate of drug-likeness (QED) is 0.926. The van der Waals surface area contributed by atoms with Crippen molar-refractivity contribution in [1.29, 1.82) is 0 Å². The number of hydrogen-bond donors (Lipinski definition) is 1. The van der Waals surface area contributed by atoms with Crippen LogP contribution in [0.1, 0.15) is 24.4 Å². The summed E-state index contributed by atoms with van der Waals surface area (Å²) in [5, 5.41) is 7.45. The fraction of sp³-hybridized carbons (Fsp3) is 0.467. The second-order valence-electron chi connectivity index (χ2n) is 5.28. The smallest absolute Gasteiger partial charge is 0.244 e. The molecule has 1 N–H and O–H groups in total. The average Bonchev–Trinajstić information content (AvgIpc) is 2.98. The first-order chi connectivity index (χ1) is 9.74. The molecule has 0 spiro atoms. The molecule has 0 bridgehead atoms. The predicted octanol–water partition coefficient (Wildman–Crippen LogP) is 2.01. The highest BCUT2D eigenvalue weighted by molar-refractivity contribution is 5.54. The monoisotopic (exact) mass is 272 g/mol. The highest BCUT2D eigenvalue weighted by atomic mass is 16.5. The van der Waals surface area contributed by atoms with Crippen molar-refractivity contribution >= 4 is 0 Å². The van der Waals surface area contributed by atoms with E-state index in [1.807, 2.05) is 12.1 Å². The molecule has 0 saturated carbocycles. The Balaban J connectivity index is 1.77. The molecular formula is C15H20N4O. The second-order valence-corrected chi connectivity index (χ2v) is 5.28. The minimum Gasteiger partial charge on any atom is -0.337 e. The van der Waals surface area contributed by atoms with Crippen LogP contribution in [0.3, 0.4) is 0 Å². The molecule has 1 aromatic heterocycles. The lowest BCUT2D eigenvalue weighted by molar-refractivity contribution is 0.154. The van der Waals surface area contributed by atoms with Crippen LogP contribution >= 0.6 is 0 Å². The Morgan fingerprint density at radius 1 is 1.20 bits per heavy atom. The Morgan fingerprint density at radius 3 is 2.60 bits per heavy atom. The maximum atomic E-state index is 5.44. The third kappa shape index (κ3) is 2.73. The molecule has 1 aliphatic rings. The molecule has 1 saturated heterocycles. The maximum absolute atomic E-state index is 5.44. The number of nitrogens with one attached hydrogen (secondary N) is 1. The van der Waals surface area contributed by atoms with Crippen molar-refractivity contribution in [3.8, 4) is 11.4 Å². The normalized spacial score (nSPS) is 18.1. The van der Waals surface area contributed by atoms with Gasteiger partial charge in [-0.25, -0.2) is 0 Å². The summed E-state index contributed by atoms with van der Waals surface area (Å²) in [6, 6.07) is 8.35. The summed E-state index contributed by atoms with van der Waals surface area (Å²) in [6.07, 6.45) is 0. The van der Waals surface area contributed by atoms with Gasteiger partial charge in [-0.05, 0) is 13.8 Å². The van der Waals surface area contributed by atoms with Crippen LogP contribution in [0.15, 0.2) is 28.8 Å². The molecule has 1 aromatic carbocycles. The van der Waals surface area contributed by atoms with E-state index in [4.69, 9.17) is 4.52 Å². The molecule has 1 fully saturated rings. The third-order valence-corrected chi connectivity index (χ3v) is 3.81. The van der Waals surface area contributed by atoms with Crippen LogP contribution in [0.4, 0.5) is 0 Å². The molecular weight excluding hydrogens is 252 g/mol. The van der Waals surface area contributed by atoms with Crippen LogP contribution in [-0.2, 0) is 0 Å². The van der Waals surface area contributed by atoms with Gasteiger partial charge >= 0.3 is 0 Å². The SMILES string of the molecule is Cc1ccc(-c2noc([C@@H](C)N3CCNCC3)n2)cc1. The molecule has 0 amide bonds. The number of benzene rings is 1. The fourth-order valence-corrected chi connectivity index (χ4v) is 2.45. The van der Waals surface area contributed by atoms with E-state index in [2.05, 4.69) is 46.3 Å². The summed E-state index contributed by atoms with van der Waals surface area (Å²) in [7, 11) is 0. The van der Waals surface area contributed by atoms with Crippen LogP contribution in [0.2, 0.25) is 0 Å². The van der Waals surface area contributed by atoms with Crippen molar-refractivity contribution in [2.24, 2.45) is 0 Å². The van der Waals surface area contributed by atoms with E-state index in [9.17, 15) is 0 Å². The van der Waals surface area contributed by atoms with E-state index in [0.717, 1.165) is 31.7 Å². The van der Waals surface area contributed by atoms with E-state index in [1.165, 1.54) is 5.56 Å². The summed E-state index contributed by atoms with van der Waals surface area (Å²) < 4.78 is 5.44. The van der Waals surface area contributed by atoms with E-state index in [1.54, 1.807) is 0 Å². The van der Waals surface area contributed by atoms with Crippen molar-refractivity contribution in [2.45, 2.75) is 19.9 Å². The van der Waals surface area contributed by atoms with E-state index < -0.39 is 0 Å². The van der Waals surface area contributed by atoms with Gasteiger partial charge in [0.25, 0.3) is 0 Å². The lowest BCUT2D eigenvalue weighted by Crippen LogP contribution is -2.44. The van der Waals surface area contributed by atoms with Gasteiger partial charge in [0.15, 0.2) is 0 Å². The van der Waals surface area contributed by atoms with Gasteiger partial charge in [-0.3, -0.25) is 4.90 Å². The molecule has 106 valence electrons. The Labute approximate surface area is 119 Å². The van der Waals surface area contributed by atoms with Crippen LogP contribution in [0.25, 0.3) is 11.4 Å². The number of rotatable bonds is 3. The first-order valence-electron chi connectivity index (χ1n) is 7.09. The number of nitrogens with zero attached hydrogens (tertiary/aromatic N) is 3. The number of hydrogen-bond acceptors (Lipinski definition) is 5. The van der Waals surface area contributed by atoms with Crippen molar-refractivity contribution in [3.63, 3.8) is 0 Å². The van der Waals surface area contributed by atoms with Crippen LogP contribution in [0.5, 0.6) is 0 Å². The lowest BCUT2D eigenvalue weighted by atomic mass is 10.1. The first kappa shape index (κ1) is 13.3. The van der Waals surface area contributed by atoms with Gasteiger partial charge in [-0.2, -0.15) is 4.98 Å². The number of aryl methyl sites for hydroxylation is 1. The molecule has 0 aliphatic carbocycles. The van der Waals surface area contributed by atoms with Gasteiger partial charge in [-0.15, -0.1) is 0 Å². The van der Waals surface area contributed by atoms with Gasteiger partial charge in [0.2, 0.25) is 11.7 Å². The summed E-state index contributed by atoms with van der Waals surface area (Å²) in [6.45, 7) is 8.26. The van der Waals surface area contributed by atoms with Gasteiger partial charge in [0.05, 0.1) is 6.04 Å². The van der Waals surface area contributed by atoms with Gasteiger partial charge in [-0.1, -0.05) is 35.0 Å². The summed E-state index contributed by atoms with van der Waals surface area (Å²) in [4.78, 5) is 6.91. The molecule has 20 heavy (non-hydrogen) atoms. The average molecular weight is 272 g/mol. The molecule has 3 rings (SSSR count). The van der Waals surface area contributed by atoms with Crippen molar-refractivity contribution in [1.82, 2.24) is 20.4 Å². The lowest BCUT2D eigenvalue weighted by Gasteiger charge is -2.30. The third-order valence-electron chi connectivity index (χ3n) is 3.81. The van der Waals surface area contributed by atoms with Crippen LogP contribution < -0.4 is 5.32 Å². The van der Waals surface area contributed by atoms with Crippen molar-refractivity contribution in [3.05, 3.63) is 35.7 Å². The molecule has 2 aromatic rings. The summed E-state index contributed by atoms with van der Waals surface area (Å²) >= 11 is 0. The van der Waals surface area contributed by atoms with Gasteiger partial charge < -0.3 is 9.84 Å². The minimum absolute atomic E-state index is 0.170. The van der Waals surface area contributed by atoms with Gasteiger partial charge in [0, 0.05) is 31.7 Å². The Hall–Kier alpha value is -1.72. The second kappa shape index (κ2) is 5.73. The zero-order valence-corrected chi connectivity index (χ0v) is 12.0. The van der Waals surface area contributed by atoms with Crippen LogP contribution in [0, 0.1) is 6.92 Å². The van der Waals surface area contributed by atoms with Gasteiger partial charge in [0.1, 0.15) is 0 Å². The highest BCUT2D eigenvalue weighted by Crippen LogP contribution is 2.22. The molecule has 0 unspecified atom stereocenters. The molecule has 1 aliphatic heterocycles. The van der Waals surface area contributed by atoms with E-state index >= 15 is 0 Å². The van der Waals surface area contributed by atoms with Crippen molar-refractivity contribution in [2.75, 3.05) is 26.2 Å². The molecule has 1 atom stereocenters. The number of piperazine rings is 1. The highest BCUT2D eigenvalue weighted by Gasteiger charge is 2.23. The van der Waals surface area contributed by atoms with Crippen LogP contribution in [-0.4, -0.2) is 41.2 Å². The zero-order chi connectivity index (χ0) is 13.9. The van der Waals surface area contributed by atoms with E-state index in [0.29, 0.717) is 11.7 Å². The molecule has 0 radical (unpaired) electrons. The zero-order valence-electron chi connectivity index (χ0n) is 12.0. The Morgan fingerprint density at radius 2 is 1.90 bits per heavy atom. The first-order valence-corrected chi connectivity index (χ1v) is 7.09. The molecule has 5 nitrogen and oxygen atoms in total. The summed E-state index contributed by atoms with van der Waals surface area (Å²) in [5.41, 5.74) is 2.23. The fourth-order valence-electron chi connectivity index (χ4n) is 2.45. The predicted molar refractivity (Wildman–Crippen MR) is 77.3 cm³/mol. The minimum atomic E-state index is 0.170.